The third-order valence-corrected chi connectivity index (χ3v) is 10.8. The third kappa shape index (κ3) is 5.30. The number of nitriles is 1. The first kappa shape index (κ1) is 32.1. The SMILES string of the molecule is C=CC(=O)N1CC[C@@H](Oc2nc(OCC34CCCN3C[C@H](F)C4)nc3c(F)c(-c4ccc(F)c5sc(N)c(C#N)c45)ccc23)[C@H]1COC. The molecule has 7 rings (SSSR count). The molecule has 3 fully saturated rings. The Morgan fingerprint density at radius 1 is 1.25 bits per heavy atom. The average Bonchev–Trinajstić information content (AvgIpc) is 3.82. The fourth-order valence-electron chi connectivity index (χ4n) is 7.51. The Kier molecular flexibility index (Phi) is 8.39. The van der Waals surface area contributed by atoms with Crippen LogP contribution >= 0.6 is 11.3 Å². The highest BCUT2D eigenvalue weighted by Gasteiger charge is 2.49. The summed E-state index contributed by atoms with van der Waals surface area (Å²) in [6, 6.07) is 7.11. The lowest BCUT2D eigenvalue weighted by Gasteiger charge is -2.31. The lowest BCUT2D eigenvalue weighted by molar-refractivity contribution is -0.128. The number of fused-ring (bicyclic) bond motifs is 3. The fraction of sp³-hybridized carbons (Fsp3) is 0.412. The van der Waals surface area contributed by atoms with E-state index in [1.807, 2.05) is 6.07 Å². The summed E-state index contributed by atoms with van der Waals surface area (Å²) < 4.78 is 64.2. The van der Waals surface area contributed by atoms with Gasteiger partial charge in [-0.05, 0) is 43.2 Å². The summed E-state index contributed by atoms with van der Waals surface area (Å²) in [5.41, 5.74) is 5.81. The van der Waals surface area contributed by atoms with Crippen LogP contribution in [0.5, 0.6) is 11.9 Å². The van der Waals surface area contributed by atoms with Gasteiger partial charge in [-0.1, -0.05) is 18.7 Å². The van der Waals surface area contributed by atoms with Gasteiger partial charge in [-0.2, -0.15) is 15.2 Å². The van der Waals surface area contributed by atoms with Crippen molar-refractivity contribution in [1.29, 1.82) is 5.26 Å². The van der Waals surface area contributed by atoms with E-state index in [1.54, 1.807) is 11.0 Å². The van der Waals surface area contributed by atoms with E-state index >= 15 is 4.39 Å². The van der Waals surface area contributed by atoms with Gasteiger partial charge in [-0.25, -0.2) is 13.2 Å². The molecule has 14 heteroatoms. The molecule has 3 saturated heterocycles. The lowest BCUT2D eigenvalue weighted by Crippen LogP contribution is -2.44. The minimum atomic E-state index is -0.969. The second kappa shape index (κ2) is 12.5. The summed E-state index contributed by atoms with van der Waals surface area (Å²) in [6.07, 6.45) is 2.14. The molecule has 0 aliphatic carbocycles. The maximum atomic E-state index is 16.8. The van der Waals surface area contributed by atoms with E-state index in [0.717, 1.165) is 30.7 Å². The number of nitrogen functional groups attached to an aromatic ring is 1. The summed E-state index contributed by atoms with van der Waals surface area (Å²) in [5, 5.41) is 10.4. The Balaban J connectivity index is 1.33. The van der Waals surface area contributed by atoms with Gasteiger partial charge in [0.1, 0.15) is 41.3 Å². The van der Waals surface area contributed by atoms with Gasteiger partial charge in [-0.15, -0.1) is 11.3 Å². The summed E-state index contributed by atoms with van der Waals surface area (Å²) in [4.78, 5) is 25.3. The molecule has 3 aliphatic rings. The van der Waals surface area contributed by atoms with E-state index in [-0.39, 0.29) is 73.7 Å². The molecule has 2 aromatic carbocycles. The van der Waals surface area contributed by atoms with Gasteiger partial charge in [0.15, 0.2) is 5.82 Å². The number of thiophene rings is 1. The molecule has 0 spiro atoms. The normalized spacial score (nSPS) is 23.9. The zero-order valence-electron chi connectivity index (χ0n) is 26.2. The maximum Gasteiger partial charge on any atom is 0.320 e. The molecular weight excluding hydrogens is 645 g/mol. The van der Waals surface area contributed by atoms with Crippen LogP contribution in [-0.4, -0.2) is 89.5 Å². The molecular formula is C34H33F3N6O4S. The van der Waals surface area contributed by atoms with Crippen LogP contribution in [0.2, 0.25) is 0 Å². The number of rotatable bonds is 9. The summed E-state index contributed by atoms with van der Waals surface area (Å²) in [5.74, 6) is -1.57. The van der Waals surface area contributed by atoms with Crippen molar-refractivity contribution in [3.8, 4) is 29.1 Å². The van der Waals surface area contributed by atoms with Gasteiger partial charge in [0.05, 0.1) is 33.8 Å². The third-order valence-electron chi connectivity index (χ3n) is 9.74. The molecule has 4 atom stereocenters. The monoisotopic (exact) mass is 678 g/mol. The van der Waals surface area contributed by atoms with Crippen LogP contribution in [0.25, 0.3) is 32.1 Å². The molecule has 5 heterocycles. The highest BCUT2D eigenvalue weighted by Crippen LogP contribution is 2.44. The molecule has 2 N–H and O–H groups in total. The minimum Gasteiger partial charge on any atom is -0.471 e. The number of carbonyl (C=O) groups excluding carboxylic acids is 1. The maximum absolute atomic E-state index is 16.8. The Bertz CT molecular complexity index is 1980. The number of ether oxygens (including phenoxy) is 3. The van der Waals surface area contributed by atoms with E-state index in [4.69, 9.17) is 19.9 Å². The van der Waals surface area contributed by atoms with Gasteiger partial charge in [0.2, 0.25) is 11.8 Å². The van der Waals surface area contributed by atoms with Gasteiger partial charge < -0.3 is 24.8 Å². The number of methoxy groups -OCH3 is 1. The average molecular weight is 679 g/mol. The highest BCUT2D eigenvalue weighted by atomic mass is 32.1. The number of aromatic nitrogens is 2. The largest absolute Gasteiger partial charge is 0.471 e. The number of amides is 1. The molecule has 48 heavy (non-hydrogen) atoms. The molecule has 0 radical (unpaired) electrons. The van der Waals surface area contributed by atoms with Gasteiger partial charge in [-0.3, -0.25) is 9.69 Å². The molecule has 250 valence electrons. The molecule has 0 bridgehead atoms. The summed E-state index contributed by atoms with van der Waals surface area (Å²) in [7, 11) is 1.52. The first-order valence-corrected chi connectivity index (χ1v) is 16.5. The number of hydrogen-bond donors (Lipinski definition) is 1. The number of alkyl halides is 1. The van der Waals surface area contributed by atoms with Crippen molar-refractivity contribution < 1.29 is 32.2 Å². The predicted molar refractivity (Wildman–Crippen MR) is 175 cm³/mol. The highest BCUT2D eigenvalue weighted by molar-refractivity contribution is 7.23. The topological polar surface area (TPSA) is 127 Å². The molecule has 1 unspecified atom stereocenters. The summed E-state index contributed by atoms with van der Waals surface area (Å²) in [6.45, 7) is 5.38. The standard InChI is InChI=1S/C34H33F3N6O4S/c1-3-26(44)43-12-9-25(24(43)16-45-2)47-32-21-6-5-20(19-7-8-23(36)30-27(19)22(14-38)31(39)48-30)28(37)29(21)40-33(41-32)46-17-34-10-4-11-42(34)15-18(35)13-34/h3,5-8,18,24-25H,1,4,9-13,15-17,39H2,2H3/t18-,24-,25-,34?/m1/s1. The van der Waals surface area contributed by atoms with Crippen LogP contribution in [-0.2, 0) is 9.53 Å². The molecule has 2 aromatic heterocycles. The number of nitrogens with zero attached hydrogens (tertiary/aromatic N) is 5. The van der Waals surface area contributed by atoms with Crippen molar-refractivity contribution in [1.82, 2.24) is 19.8 Å². The van der Waals surface area contributed by atoms with E-state index in [2.05, 4.69) is 21.4 Å². The van der Waals surface area contributed by atoms with Crippen molar-refractivity contribution in [3.05, 3.63) is 54.1 Å². The van der Waals surface area contributed by atoms with E-state index < -0.39 is 35.5 Å². The zero-order chi connectivity index (χ0) is 33.7. The Morgan fingerprint density at radius 2 is 2.06 bits per heavy atom. The van der Waals surface area contributed by atoms with Crippen molar-refractivity contribution in [2.45, 2.75) is 49.5 Å². The van der Waals surface area contributed by atoms with E-state index in [1.165, 1.54) is 31.4 Å². The number of halogens is 3. The van der Waals surface area contributed by atoms with Crippen molar-refractivity contribution in [2.24, 2.45) is 0 Å². The van der Waals surface area contributed by atoms with Gasteiger partial charge in [0.25, 0.3) is 0 Å². The molecule has 10 nitrogen and oxygen atoms in total. The number of hydrogen-bond acceptors (Lipinski definition) is 10. The first-order valence-electron chi connectivity index (χ1n) is 15.7. The van der Waals surface area contributed by atoms with Crippen molar-refractivity contribution >= 4 is 43.2 Å². The van der Waals surface area contributed by atoms with Gasteiger partial charge >= 0.3 is 6.01 Å². The van der Waals surface area contributed by atoms with Crippen LogP contribution in [0, 0.1) is 23.0 Å². The van der Waals surface area contributed by atoms with Crippen molar-refractivity contribution in [3.63, 3.8) is 0 Å². The van der Waals surface area contributed by atoms with Crippen LogP contribution in [0.1, 0.15) is 31.2 Å². The van der Waals surface area contributed by atoms with Crippen LogP contribution in [0.15, 0.2) is 36.9 Å². The summed E-state index contributed by atoms with van der Waals surface area (Å²) >= 11 is 0.922. The Morgan fingerprint density at radius 3 is 2.83 bits per heavy atom. The molecule has 4 aromatic rings. The zero-order valence-corrected chi connectivity index (χ0v) is 27.0. The molecule has 1 amide bonds. The lowest BCUT2D eigenvalue weighted by atomic mass is 9.95. The number of carbonyl (C=O) groups is 1. The van der Waals surface area contributed by atoms with E-state index in [0.29, 0.717) is 25.9 Å². The number of benzene rings is 2. The molecule has 0 saturated carbocycles. The van der Waals surface area contributed by atoms with Crippen LogP contribution < -0.4 is 15.2 Å². The Hall–Kier alpha value is -4.45. The Labute approximate surface area is 278 Å². The predicted octanol–water partition coefficient (Wildman–Crippen LogP) is 5.38. The second-order valence-electron chi connectivity index (χ2n) is 12.5. The number of likely N-dealkylation sites (tertiary alicyclic amines) is 1. The smallest absolute Gasteiger partial charge is 0.320 e. The van der Waals surface area contributed by atoms with Crippen LogP contribution in [0.3, 0.4) is 0 Å². The van der Waals surface area contributed by atoms with Crippen LogP contribution in [0.4, 0.5) is 18.2 Å². The number of anilines is 1. The number of nitrogens with two attached hydrogens (primary N) is 1. The quantitative estimate of drug-likeness (QED) is 0.232. The van der Waals surface area contributed by atoms with E-state index in [9.17, 15) is 18.8 Å². The van der Waals surface area contributed by atoms with Crippen molar-refractivity contribution in [2.75, 3.05) is 45.7 Å². The molecule has 3 aliphatic heterocycles. The van der Waals surface area contributed by atoms with Gasteiger partial charge in [0, 0.05) is 44.0 Å². The second-order valence-corrected chi connectivity index (χ2v) is 13.5. The fourth-order valence-corrected chi connectivity index (χ4v) is 8.46. The first-order chi connectivity index (χ1) is 23.2. The minimum absolute atomic E-state index is 0.0387.